The van der Waals surface area contributed by atoms with E-state index in [-0.39, 0.29) is 45.2 Å². The number of nitrogen functional groups attached to an aromatic ring is 2. The van der Waals surface area contributed by atoms with E-state index in [0.29, 0.717) is 18.1 Å². The van der Waals surface area contributed by atoms with Gasteiger partial charge in [-0.2, -0.15) is 68.0 Å². The Balaban J connectivity index is 1.22. The molecule has 0 atom stereocenters. The van der Waals surface area contributed by atoms with Crippen molar-refractivity contribution >= 4 is 145 Å². The monoisotopic (exact) mass is 1140 g/mol. The van der Waals surface area contributed by atoms with Gasteiger partial charge < -0.3 is 32.7 Å². The smallest absolute Gasteiger partial charge is 0.315 e. The lowest BCUT2D eigenvalue weighted by atomic mass is 10.2. The molecule has 2 heterocycles. The summed E-state index contributed by atoms with van der Waals surface area (Å²) in [5, 5.41) is 38.3. The van der Waals surface area contributed by atoms with Gasteiger partial charge in [0.1, 0.15) is 37.4 Å². The van der Waals surface area contributed by atoms with Crippen LogP contribution in [-0.4, -0.2) is 87.0 Å². The van der Waals surface area contributed by atoms with Crippen LogP contribution in [0, 0.1) is 6.08 Å². The lowest BCUT2D eigenvalue weighted by molar-refractivity contribution is -0.432. The molecule has 7 aromatic rings. The minimum absolute atomic E-state index is 0.00837. The molecule has 0 aliphatic heterocycles. The number of halogens is 2. The highest BCUT2D eigenvalue weighted by atomic mass is 35.5. The van der Waals surface area contributed by atoms with Crippen LogP contribution in [0.3, 0.4) is 0 Å². The average molecular weight is 1140 g/mol. The van der Waals surface area contributed by atoms with Crippen LogP contribution in [0.4, 0.5) is 85.1 Å². The standard InChI is InChI=1S/C36H28ClFN16O15S5/c37-31-45-33(41-16-4-3-5-19(12-16)71(56,57)58)49-34(46-31)42-18-9-11-26(73(62,63)64)22(14-18)52-53-23-15-27(74(65,66)67)29(40)30(28(23)39)54-51-21-13-17(8-10-24(21)70-69-68-55)43-35-47-32(38)48-36(50-35)44-20-6-1-2-7-25(20)72(59,60)61/h1-15,55H,39-40H2,(H,56,57,58)(H,59,60,61)(H,62,63,64)(H,65,66,67)(H2,41,42,45,46,49)(H2,43,44,47,48,50). The number of para-hydroxylation sites is 1. The van der Waals surface area contributed by atoms with Crippen molar-refractivity contribution in [1.29, 1.82) is 0 Å². The number of nitrogens with two attached hydrogens (primary N) is 2. The summed E-state index contributed by atoms with van der Waals surface area (Å²) in [6, 6.07) is 17.3. The van der Waals surface area contributed by atoms with Gasteiger partial charge in [-0.3, -0.25) is 18.2 Å². The van der Waals surface area contributed by atoms with Crippen LogP contribution in [0.15, 0.2) is 136 Å². The average Bonchev–Trinajstić information content (AvgIpc) is 3.29. The highest BCUT2D eigenvalue weighted by molar-refractivity contribution is 7.94. The van der Waals surface area contributed by atoms with E-state index in [0.717, 1.165) is 36.4 Å². The quantitative estimate of drug-likeness (QED) is 0.00949. The molecule has 0 unspecified atom stereocenters. The molecule has 0 saturated carbocycles. The summed E-state index contributed by atoms with van der Waals surface area (Å²) < 4.78 is 155. The van der Waals surface area contributed by atoms with Crippen LogP contribution in [0.1, 0.15) is 0 Å². The number of nitrogens with zero attached hydrogens (tertiary/aromatic N) is 10. The SMILES string of the molecule is Nc1c(N=Nc2cc(Nc3nc(Cl)nc(Nc4cccc(S(=O)(=O)O)c4)n3)ccc2S(=O)(=O)O)cc(S(=O)(=O)O)c(N)c1N=Nc1cc(Nc2nc(F)nc(Nc3ccccc3S(=O)(=O)O)n2)ccc1SOOO. The Morgan fingerprint density at radius 3 is 1.69 bits per heavy atom. The number of hydrogen-bond donors (Lipinski definition) is 11. The van der Waals surface area contributed by atoms with Crippen LogP contribution < -0.4 is 32.7 Å². The van der Waals surface area contributed by atoms with E-state index in [1.54, 1.807) is 0 Å². The van der Waals surface area contributed by atoms with Crippen LogP contribution in [0.25, 0.3) is 0 Å². The van der Waals surface area contributed by atoms with Crippen molar-refractivity contribution < 1.29 is 70.9 Å². The fourth-order valence-corrected chi connectivity index (χ4v) is 8.91. The Bertz CT molecular complexity index is 3890. The van der Waals surface area contributed by atoms with Gasteiger partial charge in [-0.1, -0.05) is 23.2 Å². The summed E-state index contributed by atoms with van der Waals surface area (Å²) in [4.78, 5) is 20.0. The number of hydrogen-bond acceptors (Lipinski definition) is 28. The maximum atomic E-state index is 14.6. The molecule has 5 aromatic carbocycles. The molecule has 0 spiro atoms. The molecule has 13 N–H and O–H groups in total. The predicted octanol–water partition coefficient (Wildman–Crippen LogP) is 7.23. The minimum Gasteiger partial charge on any atom is -0.396 e. The Morgan fingerprint density at radius 1 is 0.541 bits per heavy atom. The fraction of sp³-hybridized carbons (Fsp3) is 0. The summed E-state index contributed by atoms with van der Waals surface area (Å²) in [6.07, 6.45) is -1.35. The van der Waals surface area contributed by atoms with Gasteiger partial charge in [-0.15, -0.1) is 24.8 Å². The van der Waals surface area contributed by atoms with Gasteiger partial charge in [0.15, 0.2) is 0 Å². The molecule has 0 aliphatic rings. The molecule has 74 heavy (non-hydrogen) atoms. The largest absolute Gasteiger partial charge is 0.396 e. The molecule has 2 aromatic heterocycles. The third kappa shape index (κ3) is 13.6. The molecular weight excluding hydrogens is 1110 g/mol. The summed E-state index contributed by atoms with van der Waals surface area (Å²) in [7, 11) is -19.7. The van der Waals surface area contributed by atoms with Crippen molar-refractivity contribution in [2.45, 2.75) is 24.5 Å². The fourth-order valence-electron chi connectivity index (χ4n) is 5.93. The van der Waals surface area contributed by atoms with Gasteiger partial charge in [0.25, 0.3) is 40.5 Å². The predicted molar refractivity (Wildman–Crippen MR) is 257 cm³/mol. The normalized spacial score (nSPS) is 12.3. The summed E-state index contributed by atoms with van der Waals surface area (Å²) >= 11 is 6.44. The number of benzene rings is 5. The molecule has 0 radical (unpaired) electrons. The highest BCUT2D eigenvalue weighted by Crippen LogP contribution is 2.44. The molecule has 0 saturated heterocycles. The number of azo groups is 2. The molecule has 38 heteroatoms. The Hall–Kier alpha value is -7.79. The third-order valence-electron chi connectivity index (χ3n) is 9.00. The minimum atomic E-state index is -5.25. The number of nitrogens with one attached hydrogen (secondary N) is 4. The summed E-state index contributed by atoms with van der Waals surface area (Å²) in [6.45, 7) is 0. The van der Waals surface area contributed by atoms with Crippen molar-refractivity contribution in [1.82, 2.24) is 29.9 Å². The van der Waals surface area contributed by atoms with E-state index in [1.807, 2.05) is 0 Å². The Kier molecular flexibility index (Phi) is 15.9. The topological polar surface area (TPSA) is 483 Å². The Labute approximate surface area is 423 Å². The maximum Gasteiger partial charge on any atom is 0.315 e. The second-order valence-electron chi connectivity index (χ2n) is 14.0. The zero-order valence-electron chi connectivity index (χ0n) is 35.9. The molecule has 0 fully saturated rings. The maximum absolute atomic E-state index is 14.6. The zero-order valence-corrected chi connectivity index (χ0v) is 40.7. The third-order valence-corrected chi connectivity index (χ3v) is 13.4. The van der Waals surface area contributed by atoms with E-state index in [1.165, 1.54) is 48.5 Å². The second kappa shape index (κ2) is 21.7. The van der Waals surface area contributed by atoms with Crippen LogP contribution in [0.2, 0.25) is 5.28 Å². The van der Waals surface area contributed by atoms with Crippen LogP contribution in [0.5, 0.6) is 0 Å². The van der Waals surface area contributed by atoms with Crippen LogP contribution in [-0.2, 0) is 49.8 Å². The van der Waals surface area contributed by atoms with Crippen molar-refractivity contribution in [2.75, 3.05) is 32.7 Å². The Morgan fingerprint density at radius 2 is 1.08 bits per heavy atom. The summed E-state index contributed by atoms with van der Waals surface area (Å²) in [5.41, 5.74) is 8.67. The lowest BCUT2D eigenvalue weighted by Crippen LogP contribution is -2.08. The van der Waals surface area contributed by atoms with E-state index in [4.69, 9.17) is 28.3 Å². The van der Waals surface area contributed by atoms with E-state index in [2.05, 4.69) is 81.0 Å². The molecular formula is C36H28ClFN16O15S5. The van der Waals surface area contributed by atoms with Crippen molar-refractivity contribution in [3.05, 3.63) is 102 Å². The lowest BCUT2D eigenvalue weighted by Gasteiger charge is -2.12. The molecule has 0 amide bonds. The van der Waals surface area contributed by atoms with Crippen molar-refractivity contribution in [3.8, 4) is 0 Å². The molecule has 386 valence electrons. The van der Waals surface area contributed by atoms with Gasteiger partial charge in [-0.25, -0.2) is 5.26 Å². The van der Waals surface area contributed by atoms with Gasteiger partial charge in [-0.05, 0) is 84.4 Å². The molecule has 0 aliphatic carbocycles. The van der Waals surface area contributed by atoms with Crippen molar-refractivity contribution in [3.63, 3.8) is 0 Å². The van der Waals surface area contributed by atoms with Gasteiger partial charge in [0.2, 0.25) is 29.1 Å². The van der Waals surface area contributed by atoms with E-state index >= 15 is 0 Å². The zero-order chi connectivity index (χ0) is 53.8. The second-order valence-corrected chi connectivity index (χ2v) is 20.7. The number of rotatable bonds is 19. The van der Waals surface area contributed by atoms with Crippen molar-refractivity contribution in [2.24, 2.45) is 20.5 Å². The van der Waals surface area contributed by atoms with Crippen LogP contribution >= 0.6 is 23.6 Å². The first-order valence-corrected chi connectivity index (χ1v) is 26.1. The molecule has 0 bridgehead atoms. The first-order chi connectivity index (χ1) is 34.7. The molecule has 31 nitrogen and oxygen atoms in total. The van der Waals surface area contributed by atoms with Gasteiger partial charge >= 0.3 is 6.08 Å². The number of anilines is 10. The van der Waals surface area contributed by atoms with Gasteiger partial charge in [0, 0.05) is 17.1 Å². The summed E-state index contributed by atoms with van der Waals surface area (Å²) in [5.74, 6) is -1.54. The first-order valence-electron chi connectivity index (χ1n) is 19.2. The van der Waals surface area contributed by atoms with E-state index < -0.39 is 112 Å². The molecule has 7 rings (SSSR count). The van der Waals surface area contributed by atoms with Gasteiger partial charge in [0.05, 0.1) is 38.9 Å². The first kappa shape index (κ1) is 54.0. The number of aromatic nitrogens is 6. The van der Waals surface area contributed by atoms with E-state index in [9.17, 15) is 56.3 Å². The highest BCUT2D eigenvalue weighted by Gasteiger charge is 2.24.